The van der Waals surface area contributed by atoms with E-state index < -0.39 is 22.0 Å². The molecule has 2 aromatic rings. The first-order valence-electron chi connectivity index (χ1n) is 8.36. The molecular formula is C18H20N2O6S. The van der Waals surface area contributed by atoms with Gasteiger partial charge < -0.3 is 14.4 Å². The van der Waals surface area contributed by atoms with Gasteiger partial charge in [-0.3, -0.25) is 4.79 Å². The van der Waals surface area contributed by atoms with Crippen LogP contribution in [0.5, 0.6) is 0 Å². The van der Waals surface area contributed by atoms with Crippen molar-refractivity contribution in [1.82, 2.24) is 9.62 Å². The number of nitrogens with one attached hydrogen (secondary N) is 1. The zero-order chi connectivity index (χ0) is 19.8. The predicted molar refractivity (Wildman–Crippen MR) is 95.7 cm³/mol. The number of carboxylic acid groups (broad SMARTS) is 1. The molecule has 0 spiro atoms. The first kappa shape index (κ1) is 19.1. The summed E-state index contributed by atoms with van der Waals surface area (Å²) in [4.78, 5) is 24.9. The highest BCUT2D eigenvalue weighted by Crippen LogP contribution is 2.27. The Morgan fingerprint density at radius 3 is 2.56 bits per heavy atom. The number of sulfonamides is 1. The lowest BCUT2D eigenvalue weighted by Crippen LogP contribution is -2.37. The van der Waals surface area contributed by atoms with Crippen molar-refractivity contribution in [1.29, 1.82) is 0 Å². The summed E-state index contributed by atoms with van der Waals surface area (Å²) in [7, 11) is -4.15. The van der Waals surface area contributed by atoms with Crippen LogP contribution in [0.1, 0.15) is 33.9 Å². The van der Waals surface area contributed by atoms with E-state index in [1.807, 2.05) is 30.3 Å². The number of aryl methyl sites for hydroxylation is 2. The molecule has 1 atom stereocenters. The smallest absolute Gasteiger partial charge is 0.340 e. The van der Waals surface area contributed by atoms with Crippen LogP contribution in [-0.4, -0.2) is 42.9 Å². The number of furan rings is 1. The van der Waals surface area contributed by atoms with Crippen LogP contribution >= 0.6 is 0 Å². The van der Waals surface area contributed by atoms with Gasteiger partial charge in [0.05, 0.1) is 0 Å². The van der Waals surface area contributed by atoms with Crippen molar-refractivity contribution in [2.45, 2.75) is 37.8 Å². The van der Waals surface area contributed by atoms with Crippen molar-refractivity contribution in [3.63, 3.8) is 0 Å². The lowest BCUT2D eigenvalue weighted by atomic mass is 10.2. The third kappa shape index (κ3) is 3.88. The molecule has 144 valence electrons. The van der Waals surface area contributed by atoms with E-state index >= 15 is 0 Å². The number of carbonyl (C=O) groups excluding carboxylic acids is 1. The molecule has 9 heteroatoms. The quantitative estimate of drug-likeness (QED) is 0.772. The Balaban J connectivity index is 1.78. The highest BCUT2D eigenvalue weighted by atomic mass is 32.2. The number of rotatable bonds is 6. The molecule has 3 rings (SSSR count). The zero-order valence-electron chi connectivity index (χ0n) is 14.9. The second-order valence-electron chi connectivity index (χ2n) is 6.51. The summed E-state index contributed by atoms with van der Waals surface area (Å²) in [6, 6.07) is 8.76. The van der Waals surface area contributed by atoms with Gasteiger partial charge in [0, 0.05) is 25.6 Å². The van der Waals surface area contributed by atoms with Crippen molar-refractivity contribution in [2.24, 2.45) is 0 Å². The van der Waals surface area contributed by atoms with E-state index in [9.17, 15) is 23.1 Å². The summed E-state index contributed by atoms with van der Waals surface area (Å²) in [6.07, 6.45) is 0.0182. The van der Waals surface area contributed by atoms with Gasteiger partial charge in [-0.2, -0.15) is 0 Å². The van der Waals surface area contributed by atoms with Gasteiger partial charge in [-0.1, -0.05) is 30.3 Å². The second-order valence-corrected chi connectivity index (χ2v) is 8.16. The molecule has 0 radical (unpaired) electrons. The molecule has 1 aromatic heterocycles. The Bertz CT molecular complexity index is 981. The van der Waals surface area contributed by atoms with Crippen LogP contribution in [0.3, 0.4) is 0 Å². The molecule has 1 saturated heterocycles. The highest BCUT2D eigenvalue weighted by molar-refractivity contribution is 7.89. The van der Waals surface area contributed by atoms with Crippen molar-refractivity contribution >= 4 is 21.9 Å². The number of hydrogen-bond donors (Lipinski definition) is 2. The van der Waals surface area contributed by atoms with Crippen molar-refractivity contribution in [3.05, 3.63) is 53.0 Å². The minimum Gasteiger partial charge on any atom is -0.478 e. The van der Waals surface area contributed by atoms with E-state index in [1.165, 1.54) is 13.8 Å². The number of carbonyl (C=O) groups is 2. The fourth-order valence-electron chi connectivity index (χ4n) is 3.32. The van der Waals surface area contributed by atoms with Crippen LogP contribution in [0.25, 0.3) is 0 Å². The monoisotopic (exact) mass is 392 g/mol. The molecule has 27 heavy (non-hydrogen) atoms. The first-order valence-corrected chi connectivity index (χ1v) is 9.84. The standard InChI is InChI=1S/C18H20N2O6S/c1-11-16(18(22)23)17(12(2)26-11)27(24,25)19-14-8-15(21)20(10-14)9-13-6-4-3-5-7-13/h3-7,14,19H,8-10H2,1-2H3,(H,22,23). The molecule has 1 amide bonds. The maximum atomic E-state index is 12.8. The molecule has 1 fully saturated rings. The third-order valence-corrected chi connectivity index (χ3v) is 6.11. The molecular weight excluding hydrogens is 372 g/mol. The van der Waals surface area contributed by atoms with Crippen LogP contribution in [0, 0.1) is 13.8 Å². The van der Waals surface area contributed by atoms with Crippen LogP contribution < -0.4 is 4.72 Å². The van der Waals surface area contributed by atoms with Crippen molar-refractivity contribution in [3.8, 4) is 0 Å². The molecule has 1 unspecified atom stereocenters. The third-order valence-electron chi connectivity index (χ3n) is 4.44. The van der Waals surface area contributed by atoms with E-state index in [0.29, 0.717) is 6.54 Å². The van der Waals surface area contributed by atoms with Gasteiger partial charge in [0.1, 0.15) is 22.0 Å². The molecule has 1 aromatic carbocycles. The molecule has 1 aliphatic rings. The molecule has 1 aliphatic heterocycles. The van der Waals surface area contributed by atoms with Gasteiger partial charge in [0.15, 0.2) is 0 Å². The SMILES string of the molecule is Cc1oc(C)c(S(=O)(=O)NC2CC(=O)N(Cc3ccccc3)C2)c1C(=O)O. The number of amides is 1. The van der Waals surface area contributed by atoms with Crippen molar-refractivity contribution in [2.75, 3.05) is 6.54 Å². The average molecular weight is 392 g/mol. The summed E-state index contributed by atoms with van der Waals surface area (Å²) < 4.78 is 33.2. The van der Waals surface area contributed by atoms with Crippen LogP contribution in [0.2, 0.25) is 0 Å². The summed E-state index contributed by atoms with van der Waals surface area (Å²) in [5.74, 6) is -1.51. The summed E-state index contributed by atoms with van der Waals surface area (Å²) >= 11 is 0. The number of likely N-dealkylation sites (tertiary alicyclic amines) is 1. The molecule has 2 heterocycles. The Morgan fingerprint density at radius 1 is 1.26 bits per heavy atom. The number of benzene rings is 1. The van der Waals surface area contributed by atoms with E-state index in [2.05, 4.69) is 4.72 Å². The van der Waals surface area contributed by atoms with E-state index in [1.54, 1.807) is 4.90 Å². The fraction of sp³-hybridized carbons (Fsp3) is 0.333. The molecule has 8 nitrogen and oxygen atoms in total. The lowest BCUT2D eigenvalue weighted by Gasteiger charge is -2.17. The second kappa shape index (κ2) is 7.16. The average Bonchev–Trinajstić information content (AvgIpc) is 3.07. The molecule has 0 saturated carbocycles. The fourth-order valence-corrected chi connectivity index (χ4v) is 4.95. The molecule has 2 N–H and O–H groups in total. The van der Waals surface area contributed by atoms with Gasteiger partial charge in [-0.05, 0) is 19.4 Å². The number of carboxylic acids is 1. The Labute approximate surface area is 156 Å². The number of hydrogen-bond acceptors (Lipinski definition) is 5. The van der Waals surface area contributed by atoms with Gasteiger partial charge in [-0.25, -0.2) is 17.9 Å². The van der Waals surface area contributed by atoms with Gasteiger partial charge in [0.25, 0.3) is 0 Å². The maximum absolute atomic E-state index is 12.8. The van der Waals surface area contributed by atoms with Gasteiger partial charge >= 0.3 is 5.97 Å². The largest absolute Gasteiger partial charge is 0.478 e. The lowest BCUT2D eigenvalue weighted by molar-refractivity contribution is -0.128. The maximum Gasteiger partial charge on any atom is 0.340 e. The Morgan fingerprint density at radius 2 is 1.93 bits per heavy atom. The van der Waals surface area contributed by atoms with E-state index in [-0.39, 0.29) is 40.9 Å². The van der Waals surface area contributed by atoms with Crippen LogP contribution in [0.4, 0.5) is 0 Å². The minimum atomic E-state index is -4.15. The normalized spacial score (nSPS) is 17.5. The summed E-state index contributed by atoms with van der Waals surface area (Å²) in [5.41, 5.74) is 0.564. The predicted octanol–water partition coefficient (Wildman–Crippen LogP) is 1.67. The minimum absolute atomic E-state index is 0.00265. The number of nitrogens with zero attached hydrogens (tertiary/aromatic N) is 1. The zero-order valence-corrected chi connectivity index (χ0v) is 15.7. The first-order chi connectivity index (χ1) is 12.7. The summed E-state index contributed by atoms with van der Waals surface area (Å²) in [6.45, 7) is 3.40. The van der Waals surface area contributed by atoms with Gasteiger partial charge in [-0.15, -0.1) is 0 Å². The topological polar surface area (TPSA) is 117 Å². The molecule has 0 aliphatic carbocycles. The van der Waals surface area contributed by atoms with E-state index in [4.69, 9.17) is 4.42 Å². The van der Waals surface area contributed by atoms with Crippen molar-refractivity contribution < 1.29 is 27.5 Å². The summed E-state index contributed by atoms with van der Waals surface area (Å²) in [5, 5.41) is 9.32. The molecule has 0 bridgehead atoms. The highest BCUT2D eigenvalue weighted by Gasteiger charge is 2.36. The van der Waals surface area contributed by atoms with E-state index in [0.717, 1.165) is 5.56 Å². The number of aromatic carboxylic acids is 1. The van der Waals surface area contributed by atoms with Crippen LogP contribution in [-0.2, 0) is 21.4 Å². The Kier molecular flexibility index (Phi) is 5.07. The van der Waals surface area contributed by atoms with Crippen LogP contribution in [0.15, 0.2) is 39.6 Å². The van der Waals surface area contributed by atoms with Gasteiger partial charge in [0.2, 0.25) is 15.9 Å². The Hall–Kier alpha value is -2.65.